The lowest BCUT2D eigenvalue weighted by Crippen LogP contribution is -2.60. The van der Waals surface area contributed by atoms with Crippen LogP contribution in [0.3, 0.4) is 0 Å². The molecule has 1 aliphatic carbocycles. The number of amides is 2. The zero-order valence-electron chi connectivity index (χ0n) is 17.9. The van der Waals surface area contributed by atoms with Gasteiger partial charge in [0.15, 0.2) is 17.6 Å². The van der Waals surface area contributed by atoms with Crippen LogP contribution in [0.4, 0.5) is 4.39 Å². The molecular weight excluding hydrogens is 411 g/mol. The van der Waals surface area contributed by atoms with E-state index < -0.39 is 12.1 Å². The Morgan fingerprint density at radius 2 is 1.66 bits per heavy atom. The highest BCUT2D eigenvalue weighted by Gasteiger charge is 2.44. The Bertz CT molecular complexity index is 990. The molecule has 0 radical (unpaired) electrons. The zero-order chi connectivity index (χ0) is 22.1. The molecule has 2 amide bonds. The molecule has 2 aliphatic heterocycles. The number of carbonyl (C=O) groups excluding carboxylic acids is 2. The molecule has 7 heteroatoms. The lowest BCUT2D eigenvalue weighted by molar-refractivity contribution is -0.160. The Morgan fingerprint density at radius 1 is 0.938 bits per heavy atom. The van der Waals surface area contributed by atoms with E-state index in [1.807, 2.05) is 24.3 Å². The maximum atomic E-state index is 13.7. The highest BCUT2D eigenvalue weighted by atomic mass is 19.1. The standard InChI is InChI=1S/C25H27FN2O4/c26-18-12-10-17(11-13-18)24-25(30)27(19-6-2-1-3-7-19)15-23(29)28(24)14-20-16-31-21-8-4-5-9-22(21)32-20/h4-5,8-13,19-20,24H,1-3,6-7,14-16H2/t20-,24+/m0/s1. The van der Waals surface area contributed by atoms with Crippen LogP contribution in [0, 0.1) is 5.82 Å². The van der Waals surface area contributed by atoms with Crippen LogP contribution in [0.15, 0.2) is 48.5 Å². The lowest BCUT2D eigenvalue weighted by atomic mass is 9.91. The molecule has 2 atom stereocenters. The van der Waals surface area contributed by atoms with Crippen molar-refractivity contribution in [2.24, 2.45) is 0 Å². The van der Waals surface area contributed by atoms with Crippen molar-refractivity contribution in [1.82, 2.24) is 9.80 Å². The van der Waals surface area contributed by atoms with Crippen LogP contribution in [0.5, 0.6) is 11.5 Å². The van der Waals surface area contributed by atoms with Crippen molar-refractivity contribution in [2.45, 2.75) is 50.3 Å². The van der Waals surface area contributed by atoms with Crippen LogP contribution in [0.2, 0.25) is 0 Å². The van der Waals surface area contributed by atoms with Gasteiger partial charge in [-0.3, -0.25) is 9.59 Å². The molecule has 1 saturated carbocycles. The van der Waals surface area contributed by atoms with Crippen molar-refractivity contribution in [1.29, 1.82) is 0 Å². The summed E-state index contributed by atoms with van der Waals surface area (Å²) in [7, 11) is 0. The summed E-state index contributed by atoms with van der Waals surface area (Å²) in [5.74, 6) is 0.705. The molecule has 6 nitrogen and oxygen atoms in total. The highest BCUT2D eigenvalue weighted by molar-refractivity contribution is 5.95. The molecule has 2 aromatic rings. The molecule has 168 valence electrons. The van der Waals surface area contributed by atoms with E-state index in [0.29, 0.717) is 17.1 Å². The minimum Gasteiger partial charge on any atom is -0.486 e. The van der Waals surface area contributed by atoms with Gasteiger partial charge < -0.3 is 19.3 Å². The van der Waals surface area contributed by atoms with Crippen molar-refractivity contribution < 1.29 is 23.5 Å². The van der Waals surface area contributed by atoms with Gasteiger partial charge in [0.25, 0.3) is 5.91 Å². The maximum Gasteiger partial charge on any atom is 0.250 e. The Hall–Kier alpha value is -3.09. The van der Waals surface area contributed by atoms with Gasteiger partial charge in [0.05, 0.1) is 6.54 Å². The first-order valence-electron chi connectivity index (χ1n) is 11.3. The van der Waals surface area contributed by atoms with Crippen LogP contribution >= 0.6 is 0 Å². The molecule has 0 bridgehead atoms. The Labute approximate surface area is 186 Å². The molecule has 32 heavy (non-hydrogen) atoms. The van der Waals surface area contributed by atoms with E-state index in [4.69, 9.17) is 9.47 Å². The van der Waals surface area contributed by atoms with Crippen LogP contribution in [0.25, 0.3) is 0 Å². The molecule has 2 fully saturated rings. The number of fused-ring (bicyclic) bond motifs is 1. The third-order valence-corrected chi connectivity index (χ3v) is 6.62. The quantitative estimate of drug-likeness (QED) is 0.730. The second-order valence-electron chi connectivity index (χ2n) is 8.76. The third kappa shape index (κ3) is 4.04. The van der Waals surface area contributed by atoms with Gasteiger partial charge in [-0.25, -0.2) is 4.39 Å². The van der Waals surface area contributed by atoms with E-state index in [1.54, 1.807) is 21.9 Å². The average Bonchev–Trinajstić information content (AvgIpc) is 2.83. The maximum absolute atomic E-state index is 13.7. The van der Waals surface area contributed by atoms with Crippen molar-refractivity contribution in [3.05, 3.63) is 59.9 Å². The topological polar surface area (TPSA) is 59.1 Å². The number of halogens is 1. The number of benzene rings is 2. The van der Waals surface area contributed by atoms with Crippen molar-refractivity contribution in [3.63, 3.8) is 0 Å². The fourth-order valence-electron chi connectivity index (χ4n) is 5.00. The Morgan fingerprint density at radius 3 is 2.41 bits per heavy atom. The number of para-hydroxylation sites is 2. The van der Waals surface area contributed by atoms with Gasteiger partial charge in [0, 0.05) is 6.04 Å². The third-order valence-electron chi connectivity index (χ3n) is 6.62. The minimum atomic E-state index is -0.792. The molecule has 0 unspecified atom stereocenters. The van der Waals surface area contributed by atoms with Crippen LogP contribution in [-0.4, -0.2) is 53.5 Å². The molecule has 5 rings (SSSR count). The largest absolute Gasteiger partial charge is 0.486 e. The number of rotatable bonds is 4. The van der Waals surface area contributed by atoms with Crippen LogP contribution in [0.1, 0.15) is 43.7 Å². The summed E-state index contributed by atoms with van der Waals surface area (Å²) in [6.45, 7) is 0.586. The average molecular weight is 438 g/mol. The normalized spacial score (nSPS) is 24.0. The summed E-state index contributed by atoms with van der Waals surface area (Å²) in [5, 5.41) is 0. The number of carbonyl (C=O) groups is 2. The molecule has 0 spiro atoms. The fourth-order valence-corrected chi connectivity index (χ4v) is 5.00. The molecule has 2 aromatic carbocycles. The SMILES string of the molecule is O=C1[C@@H](c2ccc(F)cc2)N(C[C@H]2COc3ccccc3O2)C(=O)CN1C1CCCCC1. The molecule has 2 heterocycles. The number of hydrogen-bond acceptors (Lipinski definition) is 4. The van der Waals surface area contributed by atoms with E-state index in [2.05, 4.69) is 0 Å². The van der Waals surface area contributed by atoms with Crippen molar-refractivity contribution >= 4 is 11.8 Å². The first-order chi connectivity index (χ1) is 15.6. The summed E-state index contributed by atoms with van der Waals surface area (Å²) >= 11 is 0. The second-order valence-corrected chi connectivity index (χ2v) is 8.76. The number of piperazine rings is 1. The van der Waals surface area contributed by atoms with Gasteiger partial charge in [-0.05, 0) is 42.7 Å². The summed E-state index contributed by atoms with van der Waals surface area (Å²) in [6.07, 6.45) is 4.75. The highest BCUT2D eigenvalue weighted by Crippen LogP contribution is 2.35. The summed E-state index contributed by atoms with van der Waals surface area (Å²) in [6, 6.07) is 12.6. The van der Waals surface area contributed by atoms with Gasteiger partial charge in [0.2, 0.25) is 5.91 Å². The van der Waals surface area contributed by atoms with Crippen LogP contribution in [-0.2, 0) is 9.59 Å². The van der Waals surface area contributed by atoms with Crippen molar-refractivity contribution in [2.75, 3.05) is 19.7 Å². The van der Waals surface area contributed by atoms with Gasteiger partial charge >= 0.3 is 0 Å². The molecule has 0 aromatic heterocycles. The number of hydrogen-bond donors (Lipinski definition) is 0. The van der Waals surface area contributed by atoms with Crippen molar-refractivity contribution in [3.8, 4) is 11.5 Å². The lowest BCUT2D eigenvalue weighted by Gasteiger charge is -2.45. The monoisotopic (exact) mass is 438 g/mol. The van der Waals surface area contributed by atoms with Gasteiger partial charge in [-0.15, -0.1) is 0 Å². The minimum absolute atomic E-state index is 0.0748. The van der Waals surface area contributed by atoms with Gasteiger partial charge in [-0.2, -0.15) is 0 Å². The van der Waals surface area contributed by atoms with E-state index in [-0.39, 0.29) is 43.4 Å². The molecular formula is C25H27FN2O4. The molecule has 3 aliphatic rings. The van der Waals surface area contributed by atoms with E-state index >= 15 is 0 Å². The Kier molecular flexibility index (Phi) is 5.72. The fraction of sp³-hybridized carbons (Fsp3) is 0.440. The predicted octanol–water partition coefficient (Wildman–Crippen LogP) is 3.71. The van der Waals surface area contributed by atoms with E-state index in [9.17, 15) is 14.0 Å². The summed E-state index contributed by atoms with van der Waals surface area (Å²) in [4.78, 5) is 30.3. The Balaban J connectivity index is 1.41. The second kappa shape index (κ2) is 8.81. The number of ether oxygens (including phenoxy) is 2. The van der Waals surface area contributed by atoms with Gasteiger partial charge in [0.1, 0.15) is 25.0 Å². The van der Waals surface area contributed by atoms with Crippen LogP contribution < -0.4 is 9.47 Å². The first kappa shape index (κ1) is 20.8. The predicted molar refractivity (Wildman–Crippen MR) is 116 cm³/mol. The molecule has 0 N–H and O–H groups in total. The number of nitrogens with zero attached hydrogens (tertiary/aromatic N) is 2. The smallest absolute Gasteiger partial charge is 0.250 e. The zero-order valence-corrected chi connectivity index (χ0v) is 17.9. The summed E-state index contributed by atoms with van der Waals surface area (Å²) < 4.78 is 25.5. The van der Waals surface area contributed by atoms with E-state index in [0.717, 1.165) is 25.7 Å². The molecule has 1 saturated heterocycles. The van der Waals surface area contributed by atoms with E-state index in [1.165, 1.54) is 18.6 Å². The summed E-state index contributed by atoms with van der Waals surface area (Å²) in [5.41, 5.74) is 0.613. The van der Waals surface area contributed by atoms with Gasteiger partial charge in [-0.1, -0.05) is 43.5 Å². The first-order valence-corrected chi connectivity index (χ1v) is 11.3.